The first-order valence-corrected chi connectivity index (χ1v) is 8.64. The van der Waals surface area contributed by atoms with Crippen LogP contribution in [0.4, 0.5) is 0 Å². The van der Waals surface area contributed by atoms with E-state index in [1.165, 1.54) is 6.08 Å². The topological polar surface area (TPSA) is 68.4 Å². The van der Waals surface area contributed by atoms with Gasteiger partial charge in [0.15, 0.2) is 6.10 Å². The Morgan fingerprint density at radius 1 is 1.07 bits per heavy atom. The van der Waals surface area contributed by atoms with Gasteiger partial charge in [0.1, 0.15) is 5.75 Å². The molecule has 1 heterocycles. The molecule has 0 spiro atoms. The molecular weight excluding hydrogens is 342 g/mol. The molecule has 1 N–H and O–H groups in total. The average molecular weight is 363 g/mol. The van der Waals surface area contributed by atoms with E-state index in [-0.39, 0.29) is 5.78 Å². The highest BCUT2D eigenvalue weighted by Crippen LogP contribution is 2.24. The molecule has 138 valence electrons. The first-order valence-electron chi connectivity index (χ1n) is 8.64. The smallest absolute Gasteiger partial charge is 0.331 e. The number of aromatic amines is 1. The summed E-state index contributed by atoms with van der Waals surface area (Å²) in [7, 11) is 1.56. The van der Waals surface area contributed by atoms with Crippen LogP contribution < -0.4 is 4.74 Å². The second-order valence-electron chi connectivity index (χ2n) is 6.19. The predicted octanol–water partition coefficient (Wildman–Crippen LogP) is 4.31. The molecule has 1 unspecified atom stereocenters. The van der Waals surface area contributed by atoms with Gasteiger partial charge in [-0.3, -0.25) is 4.79 Å². The Hall–Kier alpha value is -3.34. The molecule has 0 saturated heterocycles. The minimum Gasteiger partial charge on any atom is -0.496 e. The zero-order chi connectivity index (χ0) is 19.4. The van der Waals surface area contributed by atoms with Crippen molar-refractivity contribution in [3.63, 3.8) is 0 Å². The fourth-order valence-electron chi connectivity index (χ4n) is 3.03. The Bertz CT molecular complexity index is 1020. The third kappa shape index (κ3) is 3.92. The van der Waals surface area contributed by atoms with E-state index in [9.17, 15) is 9.59 Å². The number of para-hydroxylation sites is 2. The van der Waals surface area contributed by atoms with Crippen LogP contribution in [0, 0.1) is 6.92 Å². The number of carbonyl (C=O) groups excluding carboxylic acids is 2. The van der Waals surface area contributed by atoms with Gasteiger partial charge in [0.2, 0.25) is 5.78 Å². The lowest BCUT2D eigenvalue weighted by molar-refractivity contribution is -0.140. The first-order chi connectivity index (χ1) is 13.0. The highest BCUT2D eigenvalue weighted by atomic mass is 16.5. The van der Waals surface area contributed by atoms with E-state index < -0.39 is 12.1 Å². The van der Waals surface area contributed by atoms with Crippen LogP contribution in [0.5, 0.6) is 5.75 Å². The van der Waals surface area contributed by atoms with Crippen LogP contribution in [-0.4, -0.2) is 30.0 Å². The van der Waals surface area contributed by atoms with Crippen molar-refractivity contribution in [1.82, 2.24) is 4.98 Å². The SMILES string of the molecule is COc1ccccc1/C=C/C(=O)OC(C)C(=O)c1c(C)[nH]c2ccccc12. The fraction of sp³-hybridized carbons (Fsp3) is 0.182. The van der Waals surface area contributed by atoms with Gasteiger partial charge in [0.25, 0.3) is 0 Å². The Kier molecular flexibility index (Phi) is 5.41. The van der Waals surface area contributed by atoms with E-state index >= 15 is 0 Å². The Morgan fingerprint density at radius 2 is 1.78 bits per heavy atom. The van der Waals surface area contributed by atoms with E-state index in [0.29, 0.717) is 11.3 Å². The summed E-state index contributed by atoms with van der Waals surface area (Å²) in [6, 6.07) is 14.9. The molecule has 2 aromatic carbocycles. The zero-order valence-corrected chi connectivity index (χ0v) is 15.5. The number of hydrogen-bond acceptors (Lipinski definition) is 4. The maximum Gasteiger partial charge on any atom is 0.331 e. The summed E-state index contributed by atoms with van der Waals surface area (Å²) in [5.41, 5.74) is 2.95. The molecule has 3 aromatic rings. The minimum absolute atomic E-state index is 0.232. The monoisotopic (exact) mass is 363 g/mol. The Balaban J connectivity index is 1.73. The van der Waals surface area contributed by atoms with E-state index in [1.54, 1.807) is 26.2 Å². The van der Waals surface area contributed by atoms with E-state index in [2.05, 4.69) is 4.98 Å². The largest absolute Gasteiger partial charge is 0.496 e. The van der Waals surface area contributed by atoms with Crippen LogP contribution in [0.1, 0.15) is 28.5 Å². The average Bonchev–Trinajstić information content (AvgIpc) is 3.01. The van der Waals surface area contributed by atoms with Crippen LogP contribution in [0.3, 0.4) is 0 Å². The van der Waals surface area contributed by atoms with Gasteiger partial charge in [0, 0.05) is 33.8 Å². The number of ether oxygens (including phenoxy) is 2. The second kappa shape index (κ2) is 7.91. The maximum absolute atomic E-state index is 12.8. The number of fused-ring (bicyclic) bond motifs is 1. The molecule has 5 nitrogen and oxygen atoms in total. The van der Waals surface area contributed by atoms with E-state index in [4.69, 9.17) is 9.47 Å². The van der Waals surface area contributed by atoms with E-state index in [1.807, 2.05) is 49.4 Å². The van der Waals surface area contributed by atoms with Crippen LogP contribution in [0.25, 0.3) is 17.0 Å². The highest BCUT2D eigenvalue weighted by Gasteiger charge is 2.23. The van der Waals surface area contributed by atoms with Gasteiger partial charge in [-0.05, 0) is 32.1 Å². The lowest BCUT2D eigenvalue weighted by Crippen LogP contribution is -2.24. The molecule has 3 rings (SSSR count). The summed E-state index contributed by atoms with van der Waals surface area (Å²) in [6.07, 6.45) is 2.01. The number of aromatic nitrogens is 1. The number of Topliss-reactive ketones (excluding diaryl/α,β-unsaturated/α-hetero) is 1. The molecule has 1 atom stereocenters. The number of rotatable bonds is 6. The molecule has 1 aromatic heterocycles. The fourth-order valence-corrected chi connectivity index (χ4v) is 3.03. The summed E-state index contributed by atoms with van der Waals surface area (Å²) in [6.45, 7) is 3.42. The third-order valence-electron chi connectivity index (χ3n) is 4.34. The van der Waals surface area contributed by atoms with Crippen molar-refractivity contribution in [2.45, 2.75) is 20.0 Å². The minimum atomic E-state index is -0.891. The number of nitrogens with one attached hydrogen (secondary N) is 1. The van der Waals surface area contributed by atoms with Crippen molar-refractivity contribution in [3.05, 3.63) is 71.4 Å². The van der Waals surface area contributed by atoms with Gasteiger partial charge in [-0.15, -0.1) is 0 Å². The molecular formula is C22H21NO4. The van der Waals surface area contributed by atoms with Crippen molar-refractivity contribution in [1.29, 1.82) is 0 Å². The lowest BCUT2D eigenvalue weighted by atomic mass is 10.0. The molecule has 27 heavy (non-hydrogen) atoms. The van der Waals surface area contributed by atoms with Crippen LogP contribution in [0.2, 0.25) is 0 Å². The summed E-state index contributed by atoms with van der Waals surface area (Å²) in [5.74, 6) is -0.164. The van der Waals surface area contributed by atoms with Crippen LogP contribution >= 0.6 is 0 Å². The van der Waals surface area contributed by atoms with Crippen molar-refractivity contribution in [2.75, 3.05) is 7.11 Å². The van der Waals surface area contributed by atoms with Crippen molar-refractivity contribution >= 4 is 28.7 Å². The third-order valence-corrected chi connectivity index (χ3v) is 4.34. The number of benzene rings is 2. The maximum atomic E-state index is 12.8. The quantitative estimate of drug-likeness (QED) is 0.402. The van der Waals surface area contributed by atoms with Crippen LogP contribution in [0.15, 0.2) is 54.6 Å². The number of H-pyrrole nitrogens is 1. The molecule has 0 aliphatic rings. The lowest BCUT2D eigenvalue weighted by Gasteiger charge is -2.11. The highest BCUT2D eigenvalue weighted by molar-refractivity contribution is 6.11. The molecule has 0 fully saturated rings. The van der Waals surface area contributed by atoms with Gasteiger partial charge in [0.05, 0.1) is 7.11 Å². The van der Waals surface area contributed by atoms with Gasteiger partial charge in [-0.25, -0.2) is 4.79 Å². The van der Waals surface area contributed by atoms with Gasteiger partial charge in [-0.2, -0.15) is 0 Å². The number of hydrogen-bond donors (Lipinski definition) is 1. The van der Waals surface area contributed by atoms with Crippen molar-refractivity contribution in [3.8, 4) is 5.75 Å². The first kappa shape index (κ1) is 18.5. The summed E-state index contributed by atoms with van der Waals surface area (Å²) in [5, 5.41) is 0.826. The number of esters is 1. The standard InChI is InChI=1S/C22H21NO4/c1-14-21(17-9-5-6-10-18(17)23-14)22(25)15(2)27-20(24)13-12-16-8-4-7-11-19(16)26-3/h4-13,15,23H,1-3H3/b13-12+. The summed E-state index contributed by atoms with van der Waals surface area (Å²) in [4.78, 5) is 28.1. The molecule has 0 aliphatic carbocycles. The molecule has 0 radical (unpaired) electrons. The number of methoxy groups -OCH3 is 1. The predicted molar refractivity (Wildman–Crippen MR) is 105 cm³/mol. The normalized spacial score (nSPS) is 12.3. The van der Waals surface area contributed by atoms with E-state index in [0.717, 1.165) is 22.2 Å². The second-order valence-corrected chi connectivity index (χ2v) is 6.19. The van der Waals surface area contributed by atoms with Crippen molar-refractivity contribution < 1.29 is 19.1 Å². The van der Waals surface area contributed by atoms with Crippen LogP contribution in [-0.2, 0) is 9.53 Å². The summed E-state index contributed by atoms with van der Waals surface area (Å²) < 4.78 is 10.5. The Labute approximate surface area is 157 Å². The summed E-state index contributed by atoms with van der Waals surface area (Å²) >= 11 is 0. The van der Waals surface area contributed by atoms with Gasteiger partial charge < -0.3 is 14.5 Å². The molecule has 0 bridgehead atoms. The van der Waals surface area contributed by atoms with Crippen molar-refractivity contribution in [2.24, 2.45) is 0 Å². The van der Waals surface area contributed by atoms with Gasteiger partial charge in [-0.1, -0.05) is 36.4 Å². The molecule has 0 saturated carbocycles. The molecule has 0 aliphatic heterocycles. The number of ketones is 1. The zero-order valence-electron chi connectivity index (χ0n) is 15.5. The number of carbonyl (C=O) groups is 2. The molecule has 5 heteroatoms. The Morgan fingerprint density at radius 3 is 2.56 bits per heavy atom. The van der Waals surface area contributed by atoms with Gasteiger partial charge >= 0.3 is 5.97 Å². The molecule has 0 amide bonds. The number of aryl methyl sites for hydroxylation is 1.